The minimum Gasteiger partial charge on any atom is -0.493 e. The number of carbonyl (C=O) groups excluding carboxylic acids is 1. The molecule has 3 aromatic rings. The molecule has 0 saturated carbocycles. The highest BCUT2D eigenvalue weighted by Gasteiger charge is 2.45. The van der Waals surface area contributed by atoms with Gasteiger partial charge in [-0.1, -0.05) is 47.1 Å². The number of fused-ring (bicyclic) bond motifs is 1. The van der Waals surface area contributed by atoms with Gasteiger partial charge in [-0.15, -0.1) is 6.42 Å². The van der Waals surface area contributed by atoms with Crippen LogP contribution in [0.25, 0.3) is 6.08 Å². The molecule has 0 amide bonds. The van der Waals surface area contributed by atoms with Crippen molar-refractivity contribution >= 4 is 35.0 Å². The van der Waals surface area contributed by atoms with E-state index in [2.05, 4.69) is 10.9 Å². The van der Waals surface area contributed by atoms with Crippen molar-refractivity contribution < 1.29 is 32.2 Å². The number of terminal acetylenes is 1. The highest BCUT2D eigenvalue weighted by Crippen LogP contribution is 2.38. The Morgan fingerprint density at radius 1 is 1.23 bits per heavy atom. The van der Waals surface area contributed by atoms with Gasteiger partial charge in [0.25, 0.3) is 5.56 Å². The van der Waals surface area contributed by atoms with Crippen molar-refractivity contribution in [2.45, 2.75) is 19.1 Å². The number of ether oxygens (including phenoxy) is 3. The number of benzene rings is 2. The minimum atomic E-state index is -5.00. The largest absolute Gasteiger partial charge is 0.493 e. The van der Waals surface area contributed by atoms with Crippen LogP contribution < -0.4 is 24.4 Å². The number of thiazole rings is 1. The molecule has 7 nitrogen and oxygen atoms in total. The van der Waals surface area contributed by atoms with E-state index in [1.807, 2.05) is 0 Å². The van der Waals surface area contributed by atoms with E-state index in [4.69, 9.17) is 32.2 Å². The normalized spacial score (nSPS) is 15.3. The monoisotopic (exact) mass is 576 g/mol. The number of aromatic nitrogens is 1. The second kappa shape index (κ2) is 11.4. The molecule has 1 aliphatic rings. The van der Waals surface area contributed by atoms with Gasteiger partial charge in [0.1, 0.15) is 6.61 Å². The fourth-order valence-corrected chi connectivity index (χ4v) is 5.09. The highest BCUT2D eigenvalue weighted by molar-refractivity contribution is 7.07. The molecule has 1 aliphatic heterocycles. The summed E-state index contributed by atoms with van der Waals surface area (Å²) in [6, 6.07) is 9.17. The fraction of sp³-hybridized carbons (Fsp3) is 0.222. The van der Waals surface area contributed by atoms with Crippen LogP contribution in [0.2, 0.25) is 5.02 Å². The van der Waals surface area contributed by atoms with Gasteiger partial charge in [-0.3, -0.25) is 9.36 Å². The summed E-state index contributed by atoms with van der Waals surface area (Å²) in [5, 5.41) is 0.326. The third-order valence-electron chi connectivity index (χ3n) is 5.58. The van der Waals surface area contributed by atoms with Crippen LogP contribution in [-0.2, 0) is 9.53 Å². The second-order valence-electron chi connectivity index (χ2n) is 8.02. The van der Waals surface area contributed by atoms with Crippen molar-refractivity contribution in [3.05, 3.63) is 89.6 Å². The Kier molecular flexibility index (Phi) is 8.18. The molecule has 2 heterocycles. The molecule has 0 aliphatic carbocycles. The third kappa shape index (κ3) is 5.72. The number of rotatable bonds is 7. The summed E-state index contributed by atoms with van der Waals surface area (Å²) in [6.07, 6.45) is 1.72. The lowest BCUT2D eigenvalue weighted by Gasteiger charge is -2.26. The predicted molar refractivity (Wildman–Crippen MR) is 140 cm³/mol. The van der Waals surface area contributed by atoms with Gasteiger partial charge in [-0.25, -0.2) is 9.79 Å². The van der Waals surface area contributed by atoms with Crippen LogP contribution in [0.3, 0.4) is 0 Å². The molecule has 12 heteroatoms. The lowest BCUT2D eigenvalue weighted by atomic mass is 9.95. The van der Waals surface area contributed by atoms with Crippen molar-refractivity contribution in [3.63, 3.8) is 0 Å². The molecule has 39 heavy (non-hydrogen) atoms. The Balaban J connectivity index is 1.96. The number of halogens is 4. The minimum absolute atomic E-state index is 0.0172. The average Bonchev–Trinajstić information content (AvgIpc) is 3.21. The first-order valence-corrected chi connectivity index (χ1v) is 12.6. The van der Waals surface area contributed by atoms with Crippen LogP contribution in [0.5, 0.6) is 11.5 Å². The first-order chi connectivity index (χ1) is 18.6. The van der Waals surface area contributed by atoms with E-state index in [1.165, 1.54) is 44.4 Å². The van der Waals surface area contributed by atoms with Crippen LogP contribution in [0.1, 0.15) is 24.1 Å². The predicted octanol–water partition coefficient (Wildman–Crippen LogP) is 4.01. The zero-order valence-corrected chi connectivity index (χ0v) is 22.1. The molecule has 0 radical (unpaired) electrons. The molecule has 0 fully saturated rings. The highest BCUT2D eigenvalue weighted by atomic mass is 35.5. The van der Waals surface area contributed by atoms with Crippen molar-refractivity contribution in [3.8, 4) is 23.8 Å². The second-order valence-corrected chi connectivity index (χ2v) is 9.46. The standard InChI is InChI=1S/C27H20ClF3N2O5S/c1-4-12-38-18-11-6-15(13-19(18)36-3)14-20-24(34)33-22(16-7-9-17(28)10-8-16)21(25(35)37-5-2)23(27(29,30)31)32-26(33)39-20/h1,6-11,13-14,22H,5,12H2,2-3H3/b20-14-/t22-/m1/s1. The zero-order valence-electron chi connectivity index (χ0n) is 20.5. The van der Waals surface area contributed by atoms with E-state index >= 15 is 0 Å². The maximum absolute atomic E-state index is 14.2. The zero-order chi connectivity index (χ0) is 28.3. The van der Waals surface area contributed by atoms with Crippen molar-refractivity contribution in [2.24, 2.45) is 4.99 Å². The summed E-state index contributed by atoms with van der Waals surface area (Å²) in [5.41, 5.74) is -2.13. The number of carbonyl (C=O) groups is 1. The first kappa shape index (κ1) is 28.0. The molecule has 1 atom stereocenters. The van der Waals surface area contributed by atoms with E-state index in [9.17, 15) is 22.8 Å². The van der Waals surface area contributed by atoms with E-state index in [1.54, 1.807) is 18.2 Å². The Bertz CT molecular complexity index is 1670. The molecule has 4 rings (SSSR count). The lowest BCUT2D eigenvalue weighted by molar-refractivity contribution is -0.140. The number of methoxy groups -OCH3 is 1. The molecule has 202 valence electrons. The molecule has 0 bridgehead atoms. The fourth-order valence-electron chi connectivity index (χ4n) is 3.96. The molecule has 0 unspecified atom stereocenters. The molecule has 0 saturated heterocycles. The van der Waals surface area contributed by atoms with E-state index in [0.29, 0.717) is 22.1 Å². The maximum atomic E-state index is 14.2. The molecular formula is C27H20ClF3N2O5S. The van der Waals surface area contributed by atoms with Gasteiger partial charge in [-0.05, 0) is 48.4 Å². The van der Waals surface area contributed by atoms with Crippen molar-refractivity contribution in [1.29, 1.82) is 0 Å². The van der Waals surface area contributed by atoms with Gasteiger partial charge >= 0.3 is 12.1 Å². The summed E-state index contributed by atoms with van der Waals surface area (Å²) < 4.78 is 59.4. The van der Waals surface area contributed by atoms with Crippen LogP contribution >= 0.6 is 22.9 Å². The summed E-state index contributed by atoms with van der Waals surface area (Å²) in [5.74, 6) is 1.84. The van der Waals surface area contributed by atoms with E-state index in [-0.39, 0.29) is 28.1 Å². The summed E-state index contributed by atoms with van der Waals surface area (Å²) in [7, 11) is 1.43. The van der Waals surface area contributed by atoms with Gasteiger partial charge in [0.05, 0.1) is 29.9 Å². The Hall–Kier alpha value is -4.01. The van der Waals surface area contributed by atoms with Gasteiger partial charge in [-0.2, -0.15) is 13.2 Å². The topological polar surface area (TPSA) is 79.1 Å². The summed E-state index contributed by atoms with van der Waals surface area (Å²) >= 11 is 6.74. The van der Waals surface area contributed by atoms with E-state index in [0.717, 1.165) is 15.9 Å². The first-order valence-electron chi connectivity index (χ1n) is 11.4. The third-order valence-corrected chi connectivity index (χ3v) is 6.81. The lowest BCUT2D eigenvalue weighted by Crippen LogP contribution is -2.41. The summed E-state index contributed by atoms with van der Waals surface area (Å²) in [4.78, 5) is 30.0. The van der Waals surface area contributed by atoms with Gasteiger partial charge in [0.15, 0.2) is 22.0 Å². The van der Waals surface area contributed by atoms with Gasteiger partial charge in [0.2, 0.25) is 0 Å². The number of hydrogen-bond acceptors (Lipinski definition) is 7. The molecular weight excluding hydrogens is 557 g/mol. The number of esters is 1. The number of nitrogens with zero attached hydrogens (tertiary/aromatic N) is 2. The van der Waals surface area contributed by atoms with Gasteiger partial charge in [0, 0.05) is 5.02 Å². The number of allylic oxidation sites excluding steroid dienone is 1. The van der Waals surface area contributed by atoms with Gasteiger partial charge < -0.3 is 14.2 Å². The Labute approximate surface area is 229 Å². The quantitative estimate of drug-likeness (QED) is 0.314. The Morgan fingerprint density at radius 2 is 1.95 bits per heavy atom. The van der Waals surface area contributed by atoms with E-state index < -0.39 is 35.0 Å². The van der Waals surface area contributed by atoms with Crippen molar-refractivity contribution in [2.75, 3.05) is 20.3 Å². The maximum Gasteiger partial charge on any atom is 0.434 e. The Morgan fingerprint density at radius 3 is 2.56 bits per heavy atom. The van der Waals surface area contributed by atoms with Crippen molar-refractivity contribution in [1.82, 2.24) is 4.57 Å². The molecule has 1 aromatic heterocycles. The number of hydrogen-bond donors (Lipinski definition) is 0. The van der Waals surface area contributed by atoms with Crippen LogP contribution in [-0.4, -0.2) is 37.0 Å². The summed E-state index contributed by atoms with van der Waals surface area (Å²) in [6.45, 7) is 1.31. The molecule has 2 aromatic carbocycles. The number of alkyl halides is 3. The average molecular weight is 577 g/mol. The molecule has 0 N–H and O–H groups in total. The van der Waals surface area contributed by atoms with Crippen LogP contribution in [0.4, 0.5) is 13.2 Å². The SMILES string of the molecule is C#CCOc1ccc(/C=c2\sc3n(c2=O)[C@H](c2ccc(Cl)cc2)C(C(=O)OCC)=C(C(F)(F)F)N=3)cc1OC. The smallest absolute Gasteiger partial charge is 0.434 e. The molecule has 0 spiro atoms. The van der Waals surface area contributed by atoms with Crippen LogP contribution in [0.15, 0.2) is 63.5 Å². The van der Waals surface area contributed by atoms with Crippen LogP contribution in [0, 0.1) is 12.3 Å².